The van der Waals surface area contributed by atoms with Crippen LogP contribution in [0.5, 0.6) is 5.75 Å². The fourth-order valence-electron chi connectivity index (χ4n) is 3.58. The lowest BCUT2D eigenvalue weighted by atomic mass is 10.2. The number of carbonyl (C=O) groups is 1. The van der Waals surface area contributed by atoms with Gasteiger partial charge >= 0.3 is 0 Å². The van der Waals surface area contributed by atoms with Gasteiger partial charge in [0, 0.05) is 23.5 Å². The van der Waals surface area contributed by atoms with Gasteiger partial charge in [0.15, 0.2) is 0 Å². The number of nitrogens with zero attached hydrogens (tertiary/aromatic N) is 1. The second-order valence-electron chi connectivity index (χ2n) is 6.62. The maximum absolute atomic E-state index is 12.6. The van der Waals surface area contributed by atoms with Crippen molar-refractivity contribution in [3.05, 3.63) is 54.1 Å². The minimum absolute atomic E-state index is 0.0703. The molecule has 0 bridgehead atoms. The molecule has 1 aliphatic heterocycles. The first-order valence-corrected chi connectivity index (χ1v) is 8.97. The first-order chi connectivity index (χ1) is 12.7. The molecule has 0 aliphatic carbocycles. The molecule has 1 aliphatic rings. The van der Waals surface area contributed by atoms with Crippen LogP contribution in [0.3, 0.4) is 0 Å². The van der Waals surface area contributed by atoms with Crippen molar-refractivity contribution in [2.45, 2.75) is 18.9 Å². The summed E-state index contributed by atoms with van der Waals surface area (Å²) in [7, 11) is 1.63. The normalized spacial score (nSPS) is 16.0. The largest absolute Gasteiger partial charge is 0.497 e. The summed E-state index contributed by atoms with van der Waals surface area (Å²) in [5.41, 5.74) is 1.43. The van der Waals surface area contributed by atoms with Crippen LogP contribution in [0, 0.1) is 0 Å². The molecule has 6 heteroatoms. The third kappa shape index (κ3) is 3.32. The number of carbonyl (C=O) groups excluding carboxylic acids is 1. The molecule has 1 amide bonds. The van der Waals surface area contributed by atoms with Gasteiger partial charge in [0.05, 0.1) is 19.4 Å². The highest BCUT2D eigenvalue weighted by atomic mass is 16.5. The van der Waals surface area contributed by atoms with Crippen molar-refractivity contribution in [1.82, 2.24) is 15.2 Å². The van der Waals surface area contributed by atoms with E-state index in [-0.39, 0.29) is 11.9 Å². The molecule has 1 unspecified atom stereocenters. The van der Waals surface area contributed by atoms with E-state index in [1.807, 2.05) is 36.4 Å². The predicted molar refractivity (Wildman–Crippen MR) is 99.4 cm³/mol. The van der Waals surface area contributed by atoms with Gasteiger partial charge in [-0.25, -0.2) is 0 Å². The van der Waals surface area contributed by atoms with Crippen molar-refractivity contribution in [1.29, 1.82) is 0 Å². The van der Waals surface area contributed by atoms with E-state index >= 15 is 0 Å². The van der Waals surface area contributed by atoms with Gasteiger partial charge in [-0.15, -0.1) is 0 Å². The van der Waals surface area contributed by atoms with Crippen LogP contribution in [0.4, 0.5) is 0 Å². The quantitative estimate of drug-likeness (QED) is 0.713. The fraction of sp³-hybridized carbons (Fsp3) is 0.350. The molecule has 4 rings (SSSR count). The molecule has 0 spiro atoms. The summed E-state index contributed by atoms with van der Waals surface area (Å²) in [4.78, 5) is 18.2. The van der Waals surface area contributed by atoms with Gasteiger partial charge < -0.3 is 19.5 Å². The van der Waals surface area contributed by atoms with Crippen LogP contribution in [0.25, 0.3) is 10.9 Å². The lowest BCUT2D eigenvalue weighted by Crippen LogP contribution is -2.36. The number of fused-ring (bicyclic) bond motifs is 1. The van der Waals surface area contributed by atoms with E-state index in [2.05, 4.69) is 15.2 Å². The van der Waals surface area contributed by atoms with Gasteiger partial charge in [0.1, 0.15) is 17.2 Å². The lowest BCUT2D eigenvalue weighted by Gasteiger charge is -2.25. The van der Waals surface area contributed by atoms with Gasteiger partial charge in [-0.2, -0.15) is 0 Å². The molecule has 1 fully saturated rings. The van der Waals surface area contributed by atoms with Crippen LogP contribution in [-0.2, 0) is 0 Å². The maximum Gasteiger partial charge on any atom is 0.267 e. The number of benzene rings is 1. The van der Waals surface area contributed by atoms with Crippen LogP contribution >= 0.6 is 0 Å². The van der Waals surface area contributed by atoms with Crippen molar-refractivity contribution in [3.63, 3.8) is 0 Å². The Morgan fingerprint density at radius 1 is 1.31 bits per heavy atom. The van der Waals surface area contributed by atoms with Gasteiger partial charge in [0.25, 0.3) is 5.91 Å². The highest BCUT2D eigenvalue weighted by Gasteiger charge is 2.26. The zero-order chi connectivity index (χ0) is 17.9. The van der Waals surface area contributed by atoms with Crippen LogP contribution in [0.15, 0.2) is 47.1 Å². The van der Waals surface area contributed by atoms with Crippen LogP contribution < -0.4 is 10.1 Å². The second kappa shape index (κ2) is 7.25. The van der Waals surface area contributed by atoms with Crippen molar-refractivity contribution in [2.24, 2.45) is 0 Å². The standard InChI is InChI=1S/C20H23N3O3/c1-25-15-7-6-14-11-17(22-16(14)12-15)20(24)21-13-18(19-5-4-10-26-19)23-8-2-3-9-23/h4-7,10-12,18,22H,2-3,8-9,13H2,1H3,(H,21,24). The molecule has 26 heavy (non-hydrogen) atoms. The number of aromatic amines is 1. The van der Waals surface area contributed by atoms with E-state index in [0.29, 0.717) is 12.2 Å². The number of rotatable bonds is 6. The summed E-state index contributed by atoms with van der Waals surface area (Å²) < 4.78 is 10.8. The lowest BCUT2D eigenvalue weighted by molar-refractivity contribution is 0.0929. The van der Waals surface area contributed by atoms with Gasteiger partial charge in [-0.3, -0.25) is 9.69 Å². The molecular weight excluding hydrogens is 330 g/mol. The third-order valence-electron chi connectivity index (χ3n) is 4.98. The Morgan fingerprint density at radius 2 is 2.15 bits per heavy atom. The van der Waals surface area contributed by atoms with E-state index in [4.69, 9.17) is 9.15 Å². The van der Waals surface area contributed by atoms with Crippen LogP contribution in [0.1, 0.15) is 35.1 Å². The van der Waals surface area contributed by atoms with Crippen LogP contribution in [-0.4, -0.2) is 42.5 Å². The molecule has 2 N–H and O–H groups in total. The summed E-state index contributed by atoms with van der Waals surface area (Å²) in [6.07, 6.45) is 4.06. The fourth-order valence-corrected chi connectivity index (χ4v) is 3.58. The molecule has 3 aromatic rings. The number of hydrogen-bond acceptors (Lipinski definition) is 4. The molecule has 3 heterocycles. The zero-order valence-corrected chi connectivity index (χ0v) is 14.8. The Morgan fingerprint density at radius 3 is 2.88 bits per heavy atom. The first-order valence-electron chi connectivity index (χ1n) is 8.97. The molecule has 1 atom stereocenters. The number of H-pyrrole nitrogens is 1. The average molecular weight is 353 g/mol. The van der Waals surface area contributed by atoms with Crippen molar-refractivity contribution < 1.29 is 13.9 Å². The number of ether oxygens (including phenoxy) is 1. The predicted octanol–water partition coefficient (Wildman–Crippen LogP) is 3.34. The van der Waals surface area contributed by atoms with Crippen LogP contribution in [0.2, 0.25) is 0 Å². The highest BCUT2D eigenvalue weighted by Crippen LogP contribution is 2.25. The minimum Gasteiger partial charge on any atom is -0.497 e. The number of hydrogen-bond donors (Lipinski definition) is 2. The summed E-state index contributed by atoms with van der Waals surface area (Å²) in [6, 6.07) is 11.5. The van der Waals surface area contributed by atoms with E-state index in [0.717, 1.165) is 35.5 Å². The summed E-state index contributed by atoms with van der Waals surface area (Å²) in [5, 5.41) is 4.04. The molecule has 0 radical (unpaired) electrons. The topological polar surface area (TPSA) is 70.5 Å². The summed E-state index contributed by atoms with van der Waals surface area (Å²) >= 11 is 0. The summed E-state index contributed by atoms with van der Waals surface area (Å²) in [5.74, 6) is 1.54. The van der Waals surface area contributed by atoms with E-state index in [1.165, 1.54) is 12.8 Å². The summed E-state index contributed by atoms with van der Waals surface area (Å²) in [6.45, 7) is 2.59. The number of aromatic nitrogens is 1. The van der Waals surface area contributed by atoms with E-state index < -0.39 is 0 Å². The first kappa shape index (κ1) is 16.7. The molecule has 136 valence electrons. The highest BCUT2D eigenvalue weighted by molar-refractivity contribution is 5.98. The number of methoxy groups -OCH3 is 1. The monoisotopic (exact) mass is 353 g/mol. The van der Waals surface area contributed by atoms with Crippen molar-refractivity contribution in [2.75, 3.05) is 26.7 Å². The van der Waals surface area contributed by atoms with Gasteiger partial charge in [-0.05, 0) is 56.3 Å². The molecule has 1 aromatic carbocycles. The van der Waals surface area contributed by atoms with Gasteiger partial charge in [0.2, 0.25) is 0 Å². The third-order valence-corrected chi connectivity index (χ3v) is 4.98. The Bertz CT molecular complexity index is 879. The number of nitrogens with one attached hydrogen (secondary N) is 2. The average Bonchev–Trinajstić information content (AvgIpc) is 3.41. The minimum atomic E-state index is -0.115. The second-order valence-corrected chi connectivity index (χ2v) is 6.62. The molecular formula is C20H23N3O3. The number of likely N-dealkylation sites (tertiary alicyclic amines) is 1. The smallest absolute Gasteiger partial charge is 0.267 e. The molecule has 1 saturated heterocycles. The SMILES string of the molecule is COc1ccc2cc(C(=O)NCC(c3ccco3)N3CCCC3)[nH]c2c1. The van der Waals surface area contributed by atoms with E-state index in [9.17, 15) is 4.79 Å². The molecule has 6 nitrogen and oxygen atoms in total. The Balaban J connectivity index is 1.48. The number of furan rings is 1. The Kier molecular flexibility index (Phi) is 4.67. The van der Waals surface area contributed by atoms with Crippen molar-refractivity contribution in [3.8, 4) is 5.75 Å². The molecule has 2 aromatic heterocycles. The molecule has 0 saturated carbocycles. The Labute approximate surface area is 152 Å². The number of amides is 1. The Hall–Kier alpha value is -2.73. The van der Waals surface area contributed by atoms with Gasteiger partial charge in [-0.1, -0.05) is 0 Å². The zero-order valence-electron chi connectivity index (χ0n) is 14.8. The van der Waals surface area contributed by atoms with Crippen molar-refractivity contribution >= 4 is 16.8 Å². The van der Waals surface area contributed by atoms with E-state index in [1.54, 1.807) is 13.4 Å². The maximum atomic E-state index is 12.6.